The fourth-order valence-corrected chi connectivity index (χ4v) is 2.06. The first-order valence-corrected chi connectivity index (χ1v) is 6.40. The molecule has 1 saturated heterocycles. The van der Waals surface area contributed by atoms with E-state index in [9.17, 15) is 4.79 Å². The quantitative estimate of drug-likeness (QED) is 0.764. The van der Waals surface area contributed by atoms with Gasteiger partial charge in [0, 0.05) is 19.4 Å². The van der Waals surface area contributed by atoms with Gasteiger partial charge in [-0.25, -0.2) is 0 Å². The number of hydrogen-bond acceptors (Lipinski definition) is 4. The monoisotopic (exact) mass is 243 g/mol. The lowest BCUT2D eigenvalue weighted by Crippen LogP contribution is -2.34. The lowest BCUT2D eigenvalue weighted by atomic mass is 9.84. The number of hydrogen-bond donors (Lipinski definition) is 1. The minimum absolute atomic E-state index is 0.0188. The maximum absolute atomic E-state index is 12.0. The van der Waals surface area contributed by atoms with Gasteiger partial charge in [0.15, 0.2) is 0 Å². The van der Waals surface area contributed by atoms with Gasteiger partial charge < -0.3 is 15.2 Å². The number of rotatable bonds is 4. The molecule has 0 radical (unpaired) electrons. The van der Waals surface area contributed by atoms with Crippen molar-refractivity contribution in [3.05, 3.63) is 0 Å². The highest BCUT2D eigenvalue weighted by atomic mass is 16.6. The Morgan fingerprint density at radius 2 is 2.00 bits per heavy atom. The van der Waals surface area contributed by atoms with E-state index < -0.39 is 0 Å². The van der Waals surface area contributed by atoms with Crippen LogP contribution in [0.15, 0.2) is 0 Å². The highest BCUT2D eigenvalue weighted by Crippen LogP contribution is 2.25. The summed E-state index contributed by atoms with van der Waals surface area (Å²) in [7, 11) is 0. The van der Waals surface area contributed by atoms with E-state index in [-0.39, 0.29) is 23.4 Å². The Morgan fingerprint density at radius 1 is 1.41 bits per heavy atom. The molecular weight excluding hydrogens is 218 g/mol. The van der Waals surface area contributed by atoms with Crippen LogP contribution in [0.2, 0.25) is 0 Å². The molecule has 1 fully saturated rings. The summed E-state index contributed by atoms with van der Waals surface area (Å²) in [4.78, 5) is 12.0. The summed E-state index contributed by atoms with van der Waals surface area (Å²) in [5, 5.41) is 0. The fourth-order valence-electron chi connectivity index (χ4n) is 2.06. The van der Waals surface area contributed by atoms with Crippen molar-refractivity contribution < 1.29 is 14.3 Å². The van der Waals surface area contributed by atoms with Crippen LogP contribution in [-0.2, 0) is 14.3 Å². The average molecular weight is 243 g/mol. The molecule has 0 amide bonds. The third-order valence-corrected chi connectivity index (χ3v) is 2.93. The van der Waals surface area contributed by atoms with Crippen molar-refractivity contribution in [1.82, 2.24) is 0 Å². The van der Waals surface area contributed by atoms with Crippen LogP contribution in [0.5, 0.6) is 0 Å². The summed E-state index contributed by atoms with van der Waals surface area (Å²) >= 11 is 0. The molecule has 0 bridgehead atoms. The second-order valence-corrected chi connectivity index (χ2v) is 5.95. The molecule has 0 aliphatic carbocycles. The van der Waals surface area contributed by atoms with E-state index in [1.165, 1.54) is 0 Å². The minimum Gasteiger partial charge on any atom is -0.462 e. The van der Waals surface area contributed by atoms with Gasteiger partial charge in [-0.1, -0.05) is 20.8 Å². The van der Waals surface area contributed by atoms with Crippen LogP contribution >= 0.6 is 0 Å². The standard InChI is InChI=1S/C13H25NO3/c1-13(2,3)8-10(9-14)12(15)17-11-4-6-16-7-5-11/h10-11H,4-9,14H2,1-3H3. The SMILES string of the molecule is CC(C)(C)CC(CN)C(=O)OC1CCOCC1. The molecule has 1 heterocycles. The van der Waals surface area contributed by atoms with Crippen LogP contribution in [-0.4, -0.2) is 31.8 Å². The Hall–Kier alpha value is -0.610. The Labute approximate surface area is 104 Å². The van der Waals surface area contributed by atoms with Gasteiger partial charge in [-0.3, -0.25) is 4.79 Å². The smallest absolute Gasteiger partial charge is 0.310 e. The van der Waals surface area contributed by atoms with Gasteiger partial charge in [0.05, 0.1) is 19.1 Å². The number of carbonyl (C=O) groups is 1. The summed E-state index contributed by atoms with van der Waals surface area (Å²) in [6, 6.07) is 0. The van der Waals surface area contributed by atoms with Crippen LogP contribution in [0.4, 0.5) is 0 Å². The zero-order chi connectivity index (χ0) is 12.9. The van der Waals surface area contributed by atoms with Crippen LogP contribution in [0, 0.1) is 11.3 Å². The number of nitrogens with two attached hydrogens (primary N) is 1. The number of carbonyl (C=O) groups excluding carboxylic acids is 1. The molecule has 1 rings (SSSR count). The molecule has 0 aromatic rings. The highest BCUT2D eigenvalue weighted by molar-refractivity contribution is 5.73. The van der Waals surface area contributed by atoms with Gasteiger partial charge in [-0.05, 0) is 11.8 Å². The second kappa shape index (κ2) is 6.36. The third kappa shape index (κ3) is 5.50. The Bertz CT molecular complexity index is 242. The second-order valence-electron chi connectivity index (χ2n) is 5.95. The molecule has 100 valence electrons. The lowest BCUT2D eigenvalue weighted by Gasteiger charge is -2.27. The van der Waals surface area contributed by atoms with E-state index >= 15 is 0 Å². The van der Waals surface area contributed by atoms with E-state index in [1.54, 1.807) is 0 Å². The van der Waals surface area contributed by atoms with E-state index in [0.29, 0.717) is 19.8 Å². The Kier molecular flexibility index (Phi) is 5.40. The van der Waals surface area contributed by atoms with Gasteiger partial charge in [0.1, 0.15) is 6.10 Å². The molecule has 4 heteroatoms. The summed E-state index contributed by atoms with van der Waals surface area (Å²) < 4.78 is 10.7. The van der Waals surface area contributed by atoms with Crippen molar-refractivity contribution in [2.75, 3.05) is 19.8 Å². The molecule has 1 aliphatic heterocycles. The topological polar surface area (TPSA) is 61.6 Å². The average Bonchev–Trinajstić information content (AvgIpc) is 2.26. The highest BCUT2D eigenvalue weighted by Gasteiger charge is 2.27. The van der Waals surface area contributed by atoms with E-state index in [0.717, 1.165) is 19.3 Å². The van der Waals surface area contributed by atoms with Crippen LogP contribution in [0.25, 0.3) is 0 Å². The predicted octanol–water partition coefficient (Wildman–Crippen LogP) is 1.72. The summed E-state index contributed by atoms with van der Waals surface area (Å²) in [5.74, 6) is -0.327. The Balaban J connectivity index is 2.42. The van der Waals surface area contributed by atoms with E-state index in [4.69, 9.17) is 15.2 Å². The maximum Gasteiger partial charge on any atom is 0.310 e. The molecule has 2 N–H and O–H groups in total. The molecule has 0 saturated carbocycles. The van der Waals surface area contributed by atoms with Gasteiger partial charge in [0.25, 0.3) is 0 Å². The third-order valence-electron chi connectivity index (χ3n) is 2.93. The molecule has 0 spiro atoms. The molecular formula is C13H25NO3. The van der Waals surface area contributed by atoms with Crippen LogP contribution in [0.1, 0.15) is 40.0 Å². The van der Waals surface area contributed by atoms with Crippen molar-refractivity contribution in [3.63, 3.8) is 0 Å². The first kappa shape index (κ1) is 14.5. The normalized spacial score (nSPS) is 20.0. The van der Waals surface area contributed by atoms with E-state index in [1.807, 2.05) is 0 Å². The maximum atomic E-state index is 12.0. The van der Waals surface area contributed by atoms with Crippen molar-refractivity contribution in [1.29, 1.82) is 0 Å². The van der Waals surface area contributed by atoms with Crippen LogP contribution < -0.4 is 5.73 Å². The van der Waals surface area contributed by atoms with Crippen molar-refractivity contribution in [3.8, 4) is 0 Å². The molecule has 0 aromatic heterocycles. The first-order valence-electron chi connectivity index (χ1n) is 6.40. The summed E-state index contributed by atoms with van der Waals surface area (Å²) in [6.07, 6.45) is 2.40. The first-order chi connectivity index (χ1) is 7.92. The summed E-state index contributed by atoms with van der Waals surface area (Å²) in [6.45, 7) is 8.06. The fraction of sp³-hybridized carbons (Fsp3) is 0.923. The summed E-state index contributed by atoms with van der Waals surface area (Å²) in [5.41, 5.74) is 5.76. The Morgan fingerprint density at radius 3 is 2.47 bits per heavy atom. The van der Waals surface area contributed by atoms with Crippen LogP contribution in [0.3, 0.4) is 0 Å². The zero-order valence-corrected chi connectivity index (χ0v) is 11.2. The van der Waals surface area contributed by atoms with Crippen molar-refractivity contribution in [2.45, 2.75) is 46.1 Å². The molecule has 4 nitrogen and oxygen atoms in total. The number of esters is 1. The molecule has 17 heavy (non-hydrogen) atoms. The molecule has 1 atom stereocenters. The van der Waals surface area contributed by atoms with Gasteiger partial charge in [0.2, 0.25) is 0 Å². The molecule has 1 aliphatic rings. The molecule has 1 unspecified atom stereocenters. The van der Waals surface area contributed by atoms with Gasteiger partial charge in [-0.15, -0.1) is 0 Å². The molecule has 0 aromatic carbocycles. The van der Waals surface area contributed by atoms with Gasteiger partial charge >= 0.3 is 5.97 Å². The van der Waals surface area contributed by atoms with Crippen molar-refractivity contribution in [2.24, 2.45) is 17.1 Å². The predicted molar refractivity (Wildman–Crippen MR) is 66.5 cm³/mol. The van der Waals surface area contributed by atoms with Gasteiger partial charge in [-0.2, -0.15) is 0 Å². The zero-order valence-electron chi connectivity index (χ0n) is 11.2. The largest absolute Gasteiger partial charge is 0.462 e. The van der Waals surface area contributed by atoms with Crippen molar-refractivity contribution >= 4 is 5.97 Å². The van der Waals surface area contributed by atoms with E-state index in [2.05, 4.69) is 20.8 Å². The minimum atomic E-state index is -0.183. The lowest BCUT2D eigenvalue weighted by molar-refractivity contribution is -0.158. The number of ether oxygens (including phenoxy) is 2.